The number of fused-ring (bicyclic) bond motifs is 1. The third-order valence-electron chi connectivity index (χ3n) is 5.02. The van der Waals surface area contributed by atoms with Crippen LogP contribution in [0.25, 0.3) is 0 Å². The van der Waals surface area contributed by atoms with Crippen LogP contribution in [0.5, 0.6) is 11.5 Å². The van der Waals surface area contributed by atoms with E-state index in [1.54, 1.807) is 12.1 Å². The van der Waals surface area contributed by atoms with Crippen molar-refractivity contribution in [1.29, 1.82) is 5.26 Å². The molecule has 1 amide bonds. The number of nitrogens with zero attached hydrogens (tertiary/aromatic N) is 2. The third-order valence-corrected chi connectivity index (χ3v) is 6.52. The summed E-state index contributed by atoms with van der Waals surface area (Å²) in [4.78, 5) is 19.3. The first-order valence-electron chi connectivity index (χ1n) is 9.05. The van der Waals surface area contributed by atoms with Crippen molar-refractivity contribution in [2.24, 2.45) is 5.16 Å². The van der Waals surface area contributed by atoms with E-state index in [-0.39, 0.29) is 12.3 Å². The number of benzene rings is 1. The number of hydrogen-bond acceptors (Lipinski definition) is 7. The normalized spacial score (nSPS) is 17.2. The molecule has 1 N–H and O–H groups in total. The highest BCUT2D eigenvalue weighted by atomic mass is 35.5. The molecule has 1 unspecified atom stereocenters. The third kappa shape index (κ3) is 3.52. The number of halogens is 1. The Labute approximate surface area is 176 Å². The van der Waals surface area contributed by atoms with Crippen LogP contribution in [0.15, 0.2) is 17.3 Å². The van der Waals surface area contributed by atoms with E-state index in [1.165, 1.54) is 30.4 Å². The summed E-state index contributed by atoms with van der Waals surface area (Å²) in [5.41, 5.74) is 2.83. The number of thiophene rings is 1. The van der Waals surface area contributed by atoms with Gasteiger partial charge in [-0.1, -0.05) is 16.8 Å². The Bertz CT molecular complexity index is 1060. The van der Waals surface area contributed by atoms with Crippen molar-refractivity contribution in [3.63, 3.8) is 0 Å². The van der Waals surface area contributed by atoms with Crippen LogP contribution in [-0.2, 0) is 22.5 Å². The largest absolute Gasteiger partial charge is 0.496 e. The molecule has 7 nitrogen and oxygen atoms in total. The van der Waals surface area contributed by atoms with Gasteiger partial charge in [0.25, 0.3) is 5.91 Å². The van der Waals surface area contributed by atoms with Crippen molar-refractivity contribution in [3.05, 3.63) is 38.7 Å². The fourth-order valence-electron chi connectivity index (χ4n) is 3.57. The zero-order valence-corrected chi connectivity index (χ0v) is 17.4. The minimum Gasteiger partial charge on any atom is -0.496 e. The molecule has 4 rings (SSSR count). The number of aryl methyl sites for hydroxylation is 1. The van der Waals surface area contributed by atoms with E-state index < -0.39 is 6.10 Å². The smallest absolute Gasteiger partial charge is 0.269 e. The standard InChI is InChI=1S/C20H18ClN3O4S/c1-26-15-8-16(27-2)13(21)6-11(15)14-7-17(28-24-14)19(25)23-20-12(9-22)10-4-3-5-18(10)29-20/h6,8,17H,3-5,7H2,1-2H3,(H,23,25). The number of nitriles is 1. The van der Waals surface area contributed by atoms with Crippen molar-refractivity contribution in [1.82, 2.24) is 0 Å². The molecular formula is C20H18ClN3O4S. The maximum atomic E-state index is 12.7. The number of hydrogen-bond donors (Lipinski definition) is 1. The van der Waals surface area contributed by atoms with Gasteiger partial charge in [-0.05, 0) is 30.9 Å². The van der Waals surface area contributed by atoms with Crippen molar-refractivity contribution >= 4 is 39.6 Å². The Morgan fingerprint density at radius 3 is 2.86 bits per heavy atom. The van der Waals surface area contributed by atoms with Crippen molar-refractivity contribution < 1.29 is 19.1 Å². The predicted octanol–water partition coefficient (Wildman–Crippen LogP) is 3.91. The van der Waals surface area contributed by atoms with E-state index in [0.29, 0.717) is 38.4 Å². The lowest BCUT2D eigenvalue weighted by Gasteiger charge is -2.12. The molecule has 1 aliphatic carbocycles. The maximum absolute atomic E-state index is 12.7. The van der Waals surface area contributed by atoms with Crippen molar-refractivity contribution in [2.45, 2.75) is 31.8 Å². The summed E-state index contributed by atoms with van der Waals surface area (Å²) in [6.45, 7) is 0. The molecule has 0 spiro atoms. The Balaban J connectivity index is 1.50. The molecule has 1 aromatic carbocycles. The zero-order chi connectivity index (χ0) is 20.5. The lowest BCUT2D eigenvalue weighted by Crippen LogP contribution is -2.28. The van der Waals surface area contributed by atoms with Gasteiger partial charge in [-0.3, -0.25) is 4.79 Å². The van der Waals surface area contributed by atoms with Gasteiger partial charge in [-0.15, -0.1) is 11.3 Å². The second-order valence-electron chi connectivity index (χ2n) is 6.69. The number of anilines is 1. The molecule has 0 bridgehead atoms. The summed E-state index contributed by atoms with van der Waals surface area (Å²) >= 11 is 7.70. The molecule has 0 saturated carbocycles. The Morgan fingerprint density at radius 1 is 1.34 bits per heavy atom. The summed E-state index contributed by atoms with van der Waals surface area (Å²) in [6.07, 6.45) is 2.36. The summed E-state index contributed by atoms with van der Waals surface area (Å²) in [5.74, 6) is 0.672. The Kier molecular flexibility index (Phi) is 5.35. The van der Waals surface area contributed by atoms with Gasteiger partial charge in [0, 0.05) is 22.9 Å². The summed E-state index contributed by atoms with van der Waals surface area (Å²) in [5, 5.41) is 17.4. The summed E-state index contributed by atoms with van der Waals surface area (Å²) in [6, 6.07) is 5.57. The molecule has 9 heteroatoms. The van der Waals surface area contributed by atoms with Crippen LogP contribution in [0.3, 0.4) is 0 Å². The minimum atomic E-state index is -0.793. The van der Waals surface area contributed by atoms with E-state index in [4.69, 9.17) is 25.9 Å². The number of ether oxygens (including phenoxy) is 2. The minimum absolute atomic E-state index is 0.262. The second kappa shape index (κ2) is 7.93. The van der Waals surface area contributed by atoms with Crippen LogP contribution in [0, 0.1) is 11.3 Å². The van der Waals surface area contributed by atoms with Gasteiger partial charge in [-0.2, -0.15) is 5.26 Å². The molecule has 2 heterocycles. The van der Waals surface area contributed by atoms with E-state index in [1.807, 2.05) is 0 Å². The Morgan fingerprint density at radius 2 is 2.14 bits per heavy atom. The molecular weight excluding hydrogens is 414 g/mol. The first-order chi connectivity index (χ1) is 14.0. The van der Waals surface area contributed by atoms with Crippen LogP contribution in [0.2, 0.25) is 5.02 Å². The summed E-state index contributed by atoms with van der Waals surface area (Å²) in [7, 11) is 3.05. The van der Waals surface area contributed by atoms with Gasteiger partial charge in [0.15, 0.2) is 0 Å². The number of carbonyl (C=O) groups is 1. The van der Waals surface area contributed by atoms with E-state index in [2.05, 4.69) is 16.5 Å². The molecule has 29 heavy (non-hydrogen) atoms. The molecule has 1 aliphatic heterocycles. The van der Waals surface area contributed by atoms with Gasteiger partial charge < -0.3 is 19.6 Å². The number of carbonyl (C=O) groups excluding carboxylic acids is 1. The molecule has 1 atom stereocenters. The molecule has 1 aromatic heterocycles. The van der Waals surface area contributed by atoms with Crippen LogP contribution >= 0.6 is 22.9 Å². The van der Waals surface area contributed by atoms with Crippen LogP contribution < -0.4 is 14.8 Å². The van der Waals surface area contributed by atoms with Gasteiger partial charge in [0.1, 0.15) is 22.6 Å². The van der Waals surface area contributed by atoms with Crippen molar-refractivity contribution in [2.75, 3.05) is 19.5 Å². The lowest BCUT2D eigenvalue weighted by molar-refractivity contribution is -0.125. The van der Waals surface area contributed by atoms with E-state index >= 15 is 0 Å². The first kappa shape index (κ1) is 19.6. The Hall–Kier alpha value is -2.76. The maximum Gasteiger partial charge on any atom is 0.269 e. The number of amides is 1. The monoisotopic (exact) mass is 431 g/mol. The van der Waals surface area contributed by atoms with Gasteiger partial charge in [0.2, 0.25) is 6.10 Å². The van der Waals surface area contributed by atoms with Gasteiger partial charge in [0.05, 0.1) is 30.5 Å². The van der Waals surface area contributed by atoms with Gasteiger partial charge >= 0.3 is 0 Å². The van der Waals surface area contributed by atoms with Crippen LogP contribution in [0.4, 0.5) is 5.00 Å². The average Bonchev–Trinajstić information content (AvgIpc) is 3.43. The highest BCUT2D eigenvalue weighted by molar-refractivity contribution is 7.16. The van der Waals surface area contributed by atoms with Crippen LogP contribution in [-0.4, -0.2) is 31.9 Å². The average molecular weight is 432 g/mol. The quantitative estimate of drug-likeness (QED) is 0.774. The zero-order valence-electron chi connectivity index (χ0n) is 15.9. The lowest BCUT2D eigenvalue weighted by atomic mass is 10.0. The highest BCUT2D eigenvalue weighted by Gasteiger charge is 2.32. The highest BCUT2D eigenvalue weighted by Crippen LogP contribution is 2.39. The number of methoxy groups -OCH3 is 2. The van der Waals surface area contributed by atoms with E-state index in [9.17, 15) is 10.1 Å². The molecule has 150 valence electrons. The topological polar surface area (TPSA) is 92.9 Å². The fourth-order valence-corrected chi connectivity index (χ4v) is 5.05. The molecule has 2 aromatic rings. The predicted molar refractivity (Wildman–Crippen MR) is 110 cm³/mol. The van der Waals surface area contributed by atoms with Crippen molar-refractivity contribution in [3.8, 4) is 17.6 Å². The SMILES string of the molecule is COc1cc(OC)c(C2=NOC(C(=O)Nc3sc4c(c3C#N)CCC4)C2)cc1Cl. The molecule has 0 radical (unpaired) electrons. The van der Waals surface area contributed by atoms with E-state index in [0.717, 1.165) is 24.8 Å². The van der Waals surface area contributed by atoms with Crippen LogP contribution in [0.1, 0.15) is 34.4 Å². The number of rotatable bonds is 5. The number of oxime groups is 1. The second-order valence-corrected chi connectivity index (χ2v) is 8.20. The molecule has 0 fully saturated rings. The first-order valence-corrected chi connectivity index (χ1v) is 10.2. The molecule has 0 saturated heterocycles. The molecule has 2 aliphatic rings. The fraction of sp³-hybridized carbons (Fsp3) is 0.350. The summed E-state index contributed by atoms with van der Waals surface area (Å²) < 4.78 is 10.6. The number of nitrogens with one attached hydrogen (secondary N) is 1. The van der Waals surface area contributed by atoms with Gasteiger partial charge in [-0.25, -0.2) is 0 Å².